The Morgan fingerprint density at radius 1 is 0.903 bits per heavy atom. The minimum Gasteiger partial charge on any atom is -0.483 e. The van der Waals surface area contributed by atoms with Crippen LogP contribution >= 0.6 is 0 Å². The van der Waals surface area contributed by atoms with E-state index in [-0.39, 0.29) is 17.4 Å². The Balaban J connectivity index is 1.68. The van der Waals surface area contributed by atoms with Gasteiger partial charge in [0.1, 0.15) is 5.75 Å². The van der Waals surface area contributed by atoms with Gasteiger partial charge in [-0.2, -0.15) is 0 Å². The van der Waals surface area contributed by atoms with Crippen LogP contribution in [-0.4, -0.2) is 26.5 Å². The summed E-state index contributed by atoms with van der Waals surface area (Å²) < 4.78 is 33.4. The van der Waals surface area contributed by atoms with Crippen molar-refractivity contribution in [1.82, 2.24) is 4.72 Å². The quantitative estimate of drug-likeness (QED) is 0.571. The minimum atomic E-state index is -3.70. The molecule has 0 aliphatic heterocycles. The van der Waals surface area contributed by atoms with Gasteiger partial charge in [0, 0.05) is 16.8 Å². The highest BCUT2D eigenvalue weighted by atomic mass is 32.2. The molecule has 0 aromatic heterocycles. The van der Waals surface area contributed by atoms with Gasteiger partial charge >= 0.3 is 0 Å². The van der Waals surface area contributed by atoms with Crippen molar-refractivity contribution in [2.45, 2.75) is 31.2 Å². The second-order valence-electron chi connectivity index (χ2n) is 8.08. The zero-order valence-corrected chi connectivity index (χ0v) is 18.6. The summed E-state index contributed by atoms with van der Waals surface area (Å²) in [6.45, 7) is 5.09. The van der Waals surface area contributed by atoms with Crippen molar-refractivity contribution in [1.29, 1.82) is 0 Å². The van der Waals surface area contributed by atoms with Crippen molar-refractivity contribution in [3.05, 3.63) is 78.9 Å². The van der Waals surface area contributed by atoms with Crippen LogP contribution in [0, 0.1) is 0 Å². The fourth-order valence-corrected chi connectivity index (χ4v) is 4.46. The van der Waals surface area contributed by atoms with Crippen LogP contribution in [0.3, 0.4) is 0 Å². The SMILES string of the molecule is CC(C)(C)NS(=O)(=O)c1cccc(NC(=O)COc2ccccc2-c2ccccc2)c1. The van der Waals surface area contributed by atoms with E-state index in [1.165, 1.54) is 12.1 Å². The minimum absolute atomic E-state index is 0.0792. The lowest BCUT2D eigenvalue weighted by Gasteiger charge is -2.20. The molecule has 1 amide bonds. The molecule has 3 aromatic rings. The number of rotatable bonds is 7. The molecule has 0 aliphatic rings. The van der Waals surface area contributed by atoms with Crippen LogP contribution < -0.4 is 14.8 Å². The highest BCUT2D eigenvalue weighted by Gasteiger charge is 2.22. The number of hydrogen-bond acceptors (Lipinski definition) is 4. The van der Waals surface area contributed by atoms with Crippen LogP contribution in [0.4, 0.5) is 5.69 Å². The average molecular weight is 439 g/mol. The Morgan fingerprint density at radius 3 is 2.29 bits per heavy atom. The normalized spacial score (nSPS) is 11.7. The van der Waals surface area contributed by atoms with E-state index in [1.807, 2.05) is 48.5 Å². The van der Waals surface area contributed by atoms with Gasteiger partial charge in [-0.1, -0.05) is 54.6 Å². The van der Waals surface area contributed by atoms with Crippen LogP contribution in [0.15, 0.2) is 83.8 Å². The van der Waals surface area contributed by atoms with Gasteiger partial charge in [0.2, 0.25) is 10.0 Å². The predicted molar refractivity (Wildman–Crippen MR) is 123 cm³/mol. The number of anilines is 1. The maximum Gasteiger partial charge on any atom is 0.262 e. The molecular weight excluding hydrogens is 412 g/mol. The third kappa shape index (κ3) is 6.41. The Hall–Kier alpha value is -3.16. The molecule has 0 fully saturated rings. The summed E-state index contributed by atoms with van der Waals surface area (Å²) in [4.78, 5) is 12.5. The molecule has 0 bridgehead atoms. The van der Waals surface area contributed by atoms with Crippen LogP contribution in [-0.2, 0) is 14.8 Å². The molecule has 6 nitrogen and oxygen atoms in total. The molecule has 3 rings (SSSR count). The summed E-state index contributed by atoms with van der Waals surface area (Å²) in [5, 5.41) is 2.69. The van der Waals surface area contributed by atoms with Gasteiger partial charge in [0.15, 0.2) is 6.61 Å². The van der Waals surface area contributed by atoms with E-state index in [4.69, 9.17) is 4.74 Å². The van der Waals surface area contributed by atoms with Gasteiger partial charge in [-0.25, -0.2) is 13.1 Å². The zero-order chi connectivity index (χ0) is 22.5. The second-order valence-corrected chi connectivity index (χ2v) is 9.76. The lowest BCUT2D eigenvalue weighted by atomic mass is 10.1. The summed E-state index contributed by atoms with van der Waals surface area (Å²) >= 11 is 0. The van der Waals surface area contributed by atoms with Gasteiger partial charge < -0.3 is 10.1 Å². The smallest absolute Gasteiger partial charge is 0.262 e. The maximum absolute atomic E-state index is 12.5. The molecule has 0 heterocycles. The molecule has 3 aromatic carbocycles. The molecular formula is C24H26N2O4S. The Bertz CT molecular complexity index is 1150. The van der Waals surface area contributed by atoms with Crippen molar-refractivity contribution in [2.24, 2.45) is 0 Å². The van der Waals surface area contributed by atoms with E-state index in [9.17, 15) is 13.2 Å². The number of sulfonamides is 1. The molecule has 162 valence electrons. The van der Waals surface area contributed by atoms with Gasteiger partial charge in [-0.3, -0.25) is 4.79 Å². The summed E-state index contributed by atoms with van der Waals surface area (Å²) in [6, 6.07) is 23.4. The molecule has 0 atom stereocenters. The number of nitrogens with one attached hydrogen (secondary N) is 2. The van der Waals surface area contributed by atoms with E-state index in [0.717, 1.165) is 11.1 Å². The van der Waals surface area contributed by atoms with Crippen molar-refractivity contribution in [3.8, 4) is 16.9 Å². The monoisotopic (exact) mass is 438 g/mol. The third-order valence-corrected chi connectivity index (χ3v) is 5.95. The van der Waals surface area contributed by atoms with Crippen LogP contribution in [0.25, 0.3) is 11.1 Å². The fourth-order valence-electron chi connectivity index (χ4n) is 2.99. The standard InChI is InChI=1S/C24H26N2O4S/c1-24(2,3)26-31(28,29)20-13-9-12-19(16-20)25-23(27)17-30-22-15-8-7-14-21(22)18-10-5-4-6-11-18/h4-16,26H,17H2,1-3H3,(H,25,27). The Kier molecular flexibility index (Phi) is 6.77. The molecule has 7 heteroatoms. The summed E-state index contributed by atoms with van der Waals surface area (Å²) in [5.41, 5.74) is 1.64. The summed E-state index contributed by atoms with van der Waals surface area (Å²) in [6.07, 6.45) is 0. The molecule has 2 N–H and O–H groups in total. The first kappa shape index (κ1) is 22.5. The van der Waals surface area contributed by atoms with Gasteiger partial charge in [-0.05, 0) is 50.6 Å². The highest BCUT2D eigenvalue weighted by molar-refractivity contribution is 7.89. The molecule has 0 spiro atoms. The van der Waals surface area contributed by atoms with Crippen LogP contribution in [0.5, 0.6) is 5.75 Å². The van der Waals surface area contributed by atoms with Crippen molar-refractivity contribution >= 4 is 21.6 Å². The van der Waals surface area contributed by atoms with E-state index < -0.39 is 15.6 Å². The number of carbonyl (C=O) groups excluding carboxylic acids is 1. The van der Waals surface area contributed by atoms with Crippen molar-refractivity contribution in [2.75, 3.05) is 11.9 Å². The molecule has 0 radical (unpaired) electrons. The van der Waals surface area contributed by atoms with E-state index in [2.05, 4.69) is 10.0 Å². The largest absolute Gasteiger partial charge is 0.483 e. The number of hydrogen-bond donors (Lipinski definition) is 2. The molecule has 0 saturated heterocycles. The number of carbonyl (C=O) groups is 1. The molecule has 0 aliphatic carbocycles. The van der Waals surface area contributed by atoms with Crippen LogP contribution in [0.1, 0.15) is 20.8 Å². The predicted octanol–water partition coefficient (Wildman–Crippen LogP) is 4.45. The molecule has 0 unspecified atom stereocenters. The van der Waals surface area contributed by atoms with Crippen molar-refractivity contribution < 1.29 is 17.9 Å². The third-order valence-electron chi connectivity index (χ3n) is 4.20. The molecule has 31 heavy (non-hydrogen) atoms. The summed E-state index contributed by atoms with van der Waals surface area (Å²) in [7, 11) is -3.70. The Morgan fingerprint density at radius 2 is 1.58 bits per heavy atom. The lowest BCUT2D eigenvalue weighted by Crippen LogP contribution is -2.40. The first-order valence-corrected chi connectivity index (χ1v) is 11.3. The number of ether oxygens (including phenoxy) is 1. The second kappa shape index (κ2) is 9.32. The molecule has 0 saturated carbocycles. The first-order chi connectivity index (χ1) is 14.6. The highest BCUT2D eigenvalue weighted by Crippen LogP contribution is 2.29. The van der Waals surface area contributed by atoms with E-state index in [1.54, 1.807) is 39.0 Å². The van der Waals surface area contributed by atoms with Gasteiger partial charge in [0.05, 0.1) is 4.90 Å². The van der Waals surface area contributed by atoms with E-state index in [0.29, 0.717) is 11.4 Å². The lowest BCUT2D eigenvalue weighted by molar-refractivity contribution is -0.118. The average Bonchev–Trinajstić information content (AvgIpc) is 2.72. The number of amides is 1. The fraction of sp³-hybridized carbons (Fsp3) is 0.208. The topological polar surface area (TPSA) is 84.5 Å². The van der Waals surface area contributed by atoms with Crippen LogP contribution in [0.2, 0.25) is 0 Å². The number of para-hydroxylation sites is 1. The Labute approximate surface area is 183 Å². The van der Waals surface area contributed by atoms with Gasteiger partial charge in [0.25, 0.3) is 5.91 Å². The van der Waals surface area contributed by atoms with Gasteiger partial charge in [-0.15, -0.1) is 0 Å². The zero-order valence-electron chi connectivity index (χ0n) is 17.8. The van der Waals surface area contributed by atoms with E-state index >= 15 is 0 Å². The number of benzene rings is 3. The maximum atomic E-state index is 12.5. The van der Waals surface area contributed by atoms with Crippen molar-refractivity contribution in [3.63, 3.8) is 0 Å². The first-order valence-electron chi connectivity index (χ1n) is 9.85. The summed E-state index contributed by atoms with van der Waals surface area (Å²) in [5.74, 6) is 0.204.